The average molecular weight is 419 g/mol. The zero-order valence-corrected chi connectivity index (χ0v) is 16.7. The first-order valence-electron chi connectivity index (χ1n) is 9.91. The van der Waals surface area contributed by atoms with Crippen molar-refractivity contribution in [2.24, 2.45) is 5.92 Å². The molecule has 0 spiro atoms. The lowest BCUT2D eigenvalue weighted by atomic mass is 9.97. The molecule has 0 aliphatic carbocycles. The molecule has 3 heterocycles. The van der Waals surface area contributed by atoms with E-state index in [1.165, 1.54) is 0 Å². The summed E-state index contributed by atoms with van der Waals surface area (Å²) in [5, 5.41) is 0.998. The van der Waals surface area contributed by atoms with Crippen molar-refractivity contribution >= 4 is 11.0 Å². The van der Waals surface area contributed by atoms with Crippen LogP contribution in [0.4, 0.5) is 13.2 Å². The van der Waals surface area contributed by atoms with Crippen molar-refractivity contribution in [2.45, 2.75) is 25.6 Å². The summed E-state index contributed by atoms with van der Waals surface area (Å²) in [6.45, 7) is 1.52. The largest absolute Gasteiger partial charge is 0.497 e. The number of aromatic nitrogens is 2. The number of hydrogen-bond acceptors (Lipinski definition) is 4. The van der Waals surface area contributed by atoms with Gasteiger partial charge < -0.3 is 14.0 Å². The predicted molar refractivity (Wildman–Crippen MR) is 108 cm³/mol. The van der Waals surface area contributed by atoms with Gasteiger partial charge in [-0.15, -0.1) is 0 Å². The molecule has 5 nitrogen and oxygen atoms in total. The third-order valence-electron chi connectivity index (χ3n) is 5.53. The summed E-state index contributed by atoms with van der Waals surface area (Å²) in [6, 6.07) is 11.8. The van der Waals surface area contributed by atoms with E-state index in [0.29, 0.717) is 26.4 Å². The topological polar surface area (TPSA) is 39.5 Å². The molecule has 1 aliphatic rings. The van der Waals surface area contributed by atoms with Gasteiger partial charge in [0.25, 0.3) is 0 Å². The molecule has 1 aromatic carbocycles. The molecule has 2 aromatic heterocycles. The maximum Gasteiger partial charge on any atom is 0.391 e. The van der Waals surface area contributed by atoms with Gasteiger partial charge in [0.05, 0.1) is 26.4 Å². The molecule has 0 saturated carbocycles. The molecule has 3 aromatic rings. The SMILES string of the molecule is COc1ccc(-n2ccc3cc(COCN4CCC(C(F)(F)F)CC4)cnc32)cc1. The predicted octanol–water partition coefficient (Wildman–Crippen LogP) is 4.78. The van der Waals surface area contributed by atoms with Gasteiger partial charge in [0.1, 0.15) is 11.4 Å². The quantitative estimate of drug-likeness (QED) is 0.576. The van der Waals surface area contributed by atoms with E-state index >= 15 is 0 Å². The lowest BCUT2D eigenvalue weighted by Crippen LogP contribution is -2.39. The maximum absolute atomic E-state index is 12.7. The van der Waals surface area contributed by atoms with Crippen LogP contribution in [0.25, 0.3) is 16.7 Å². The molecule has 4 rings (SSSR count). The van der Waals surface area contributed by atoms with Gasteiger partial charge in [-0.25, -0.2) is 4.98 Å². The molecule has 0 bridgehead atoms. The summed E-state index contributed by atoms with van der Waals surface area (Å²) in [7, 11) is 1.63. The van der Waals surface area contributed by atoms with Crippen molar-refractivity contribution in [3.63, 3.8) is 0 Å². The number of likely N-dealkylation sites (tertiary alicyclic amines) is 1. The fraction of sp³-hybridized carbons (Fsp3) is 0.409. The van der Waals surface area contributed by atoms with Crippen LogP contribution in [0.3, 0.4) is 0 Å². The van der Waals surface area contributed by atoms with Crippen LogP contribution in [0.5, 0.6) is 5.75 Å². The highest BCUT2D eigenvalue weighted by atomic mass is 19.4. The molecule has 1 fully saturated rings. The number of fused-ring (bicyclic) bond motifs is 1. The minimum Gasteiger partial charge on any atom is -0.497 e. The summed E-state index contributed by atoms with van der Waals surface area (Å²) < 4.78 is 51.2. The van der Waals surface area contributed by atoms with Crippen LogP contribution >= 0.6 is 0 Å². The molecule has 0 amide bonds. The van der Waals surface area contributed by atoms with Gasteiger partial charge in [-0.3, -0.25) is 4.90 Å². The number of halogens is 3. The Balaban J connectivity index is 1.33. The van der Waals surface area contributed by atoms with Gasteiger partial charge >= 0.3 is 6.18 Å². The van der Waals surface area contributed by atoms with E-state index < -0.39 is 12.1 Å². The molecule has 1 aliphatic heterocycles. The fourth-order valence-corrected chi connectivity index (χ4v) is 3.78. The van der Waals surface area contributed by atoms with E-state index in [4.69, 9.17) is 9.47 Å². The molecule has 0 atom stereocenters. The first-order chi connectivity index (χ1) is 14.4. The Labute approximate surface area is 173 Å². The van der Waals surface area contributed by atoms with Crippen molar-refractivity contribution in [1.29, 1.82) is 0 Å². The van der Waals surface area contributed by atoms with Gasteiger partial charge in [-0.2, -0.15) is 13.2 Å². The van der Waals surface area contributed by atoms with Crippen LogP contribution < -0.4 is 4.74 Å². The van der Waals surface area contributed by atoms with E-state index in [-0.39, 0.29) is 12.8 Å². The molecule has 8 heteroatoms. The fourth-order valence-electron chi connectivity index (χ4n) is 3.78. The number of pyridine rings is 1. The van der Waals surface area contributed by atoms with Crippen LogP contribution in [-0.2, 0) is 11.3 Å². The molecule has 0 unspecified atom stereocenters. The molecule has 160 valence electrons. The number of hydrogen-bond donors (Lipinski definition) is 0. The molecule has 30 heavy (non-hydrogen) atoms. The number of benzene rings is 1. The van der Waals surface area contributed by atoms with E-state index in [0.717, 1.165) is 28.0 Å². The number of ether oxygens (including phenoxy) is 2. The number of piperidine rings is 1. The molecule has 0 N–H and O–H groups in total. The van der Waals surface area contributed by atoms with Crippen molar-refractivity contribution in [1.82, 2.24) is 14.5 Å². The molecule has 1 saturated heterocycles. The Hall–Kier alpha value is -2.58. The summed E-state index contributed by atoms with van der Waals surface area (Å²) in [5.74, 6) is -0.389. The lowest BCUT2D eigenvalue weighted by molar-refractivity contribution is -0.187. The number of rotatable bonds is 6. The third-order valence-corrected chi connectivity index (χ3v) is 5.53. The first kappa shape index (κ1) is 20.7. The van der Waals surface area contributed by atoms with Gasteiger partial charge in [0, 0.05) is 36.6 Å². The van der Waals surface area contributed by atoms with E-state index in [1.54, 1.807) is 13.3 Å². The highest BCUT2D eigenvalue weighted by molar-refractivity contribution is 5.78. The summed E-state index contributed by atoms with van der Waals surface area (Å²) in [5.41, 5.74) is 2.77. The monoisotopic (exact) mass is 419 g/mol. The summed E-state index contributed by atoms with van der Waals surface area (Å²) in [6.07, 6.45) is -0.0675. The summed E-state index contributed by atoms with van der Waals surface area (Å²) >= 11 is 0. The lowest BCUT2D eigenvalue weighted by Gasteiger charge is -2.32. The van der Waals surface area contributed by atoms with Gasteiger partial charge in [-0.1, -0.05) is 0 Å². The minimum absolute atomic E-state index is 0.138. The Kier molecular flexibility index (Phi) is 5.97. The van der Waals surface area contributed by atoms with Crippen LogP contribution in [0, 0.1) is 5.92 Å². The Morgan fingerprint density at radius 2 is 1.83 bits per heavy atom. The van der Waals surface area contributed by atoms with Crippen molar-refractivity contribution in [3.8, 4) is 11.4 Å². The van der Waals surface area contributed by atoms with E-state index in [1.807, 2.05) is 52.1 Å². The van der Waals surface area contributed by atoms with Crippen LogP contribution in [0.2, 0.25) is 0 Å². The standard InChI is InChI=1S/C22H24F3N3O2/c1-29-20-4-2-19(3-5-20)28-11-6-17-12-16(13-26-21(17)28)14-30-15-27-9-7-18(8-10-27)22(23,24)25/h2-6,11-13,18H,7-10,14-15H2,1H3. The van der Waals surface area contributed by atoms with Crippen LogP contribution in [0.15, 0.2) is 48.8 Å². The summed E-state index contributed by atoms with van der Waals surface area (Å²) in [4.78, 5) is 6.50. The average Bonchev–Trinajstić information content (AvgIpc) is 3.17. The minimum atomic E-state index is -4.09. The first-order valence-corrected chi connectivity index (χ1v) is 9.91. The third kappa shape index (κ3) is 4.60. The van der Waals surface area contributed by atoms with Gasteiger partial charge in [-0.05, 0) is 54.8 Å². The van der Waals surface area contributed by atoms with E-state index in [9.17, 15) is 13.2 Å². The van der Waals surface area contributed by atoms with Gasteiger partial charge in [0.2, 0.25) is 0 Å². The number of alkyl halides is 3. The second kappa shape index (κ2) is 8.65. The highest BCUT2D eigenvalue weighted by Crippen LogP contribution is 2.34. The zero-order chi connectivity index (χ0) is 21.1. The second-order valence-electron chi connectivity index (χ2n) is 7.55. The molecular formula is C22H24F3N3O2. The van der Waals surface area contributed by atoms with Crippen LogP contribution in [0.1, 0.15) is 18.4 Å². The number of nitrogens with zero attached hydrogens (tertiary/aromatic N) is 3. The van der Waals surface area contributed by atoms with Gasteiger partial charge in [0.15, 0.2) is 0 Å². The Morgan fingerprint density at radius 1 is 1.10 bits per heavy atom. The van der Waals surface area contributed by atoms with E-state index in [2.05, 4.69) is 4.98 Å². The maximum atomic E-state index is 12.7. The molecular weight excluding hydrogens is 395 g/mol. The molecule has 0 radical (unpaired) electrons. The van der Waals surface area contributed by atoms with Crippen molar-refractivity contribution in [3.05, 3.63) is 54.4 Å². The highest BCUT2D eigenvalue weighted by Gasteiger charge is 2.40. The second-order valence-corrected chi connectivity index (χ2v) is 7.55. The van der Waals surface area contributed by atoms with Crippen LogP contribution in [-0.4, -0.2) is 47.6 Å². The Morgan fingerprint density at radius 3 is 2.50 bits per heavy atom. The van der Waals surface area contributed by atoms with Crippen molar-refractivity contribution < 1.29 is 22.6 Å². The normalized spacial score (nSPS) is 16.3. The zero-order valence-electron chi connectivity index (χ0n) is 16.7. The smallest absolute Gasteiger partial charge is 0.391 e. The Bertz CT molecular complexity index is 977. The number of methoxy groups -OCH3 is 1. The van der Waals surface area contributed by atoms with Crippen molar-refractivity contribution in [2.75, 3.05) is 26.9 Å².